The largest absolute Gasteiger partial charge is 0.461 e. The molecule has 2 aromatic carbocycles. The summed E-state index contributed by atoms with van der Waals surface area (Å²) in [4.78, 5) is 22.8. The molecule has 0 radical (unpaired) electrons. The fourth-order valence-corrected chi connectivity index (χ4v) is 3.42. The zero-order valence-electron chi connectivity index (χ0n) is 16.6. The molecule has 0 heterocycles. The van der Waals surface area contributed by atoms with Crippen LogP contribution in [0.15, 0.2) is 36.4 Å². The number of ether oxygens (including phenoxy) is 2. The molecule has 174 valence electrons. The van der Waals surface area contributed by atoms with Crippen LogP contribution in [0.5, 0.6) is 11.5 Å². The maximum Gasteiger partial charge on any atom is 0.416 e. The Bertz CT molecular complexity index is 1060. The van der Waals surface area contributed by atoms with E-state index in [0.29, 0.717) is 6.07 Å². The first kappa shape index (κ1) is 25.6. The Kier molecular flexibility index (Phi) is 8.24. The maximum absolute atomic E-state index is 12.8. The number of nitrogens with zero attached hydrogens (tertiary/aromatic N) is 1. The Morgan fingerprint density at radius 1 is 1.16 bits per heavy atom. The third kappa shape index (κ3) is 6.42. The van der Waals surface area contributed by atoms with Crippen LogP contribution in [0.2, 0.25) is 5.02 Å². The quantitative estimate of drug-likeness (QED) is 0.187. The predicted octanol–water partition coefficient (Wildman–Crippen LogP) is 5.70. The number of halogens is 4. The van der Waals surface area contributed by atoms with Gasteiger partial charge in [0, 0.05) is 26.4 Å². The van der Waals surface area contributed by atoms with Crippen LogP contribution < -0.4 is 4.74 Å². The summed E-state index contributed by atoms with van der Waals surface area (Å²) in [5, 5.41) is 10.9. The summed E-state index contributed by atoms with van der Waals surface area (Å²) >= 11 is 5.83. The fraction of sp³-hybridized carbons (Fsp3) is 0.278. The van der Waals surface area contributed by atoms with Crippen LogP contribution >= 0.6 is 19.2 Å². The number of carbonyl (C=O) groups excluding carboxylic acids is 1. The maximum atomic E-state index is 12.8. The second-order valence-electron chi connectivity index (χ2n) is 6.02. The number of benzene rings is 2. The molecular weight excluding hydrogens is 482 g/mol. The van der Waals surface area contributed by atoms with Crippen molar-refractivity contribution in [2.24, 2.45) is 0 Å². The summed E-state index contributed by atoms with van der Waals surface area (Å²) in [5.74, 6) is -1.42. The molecule has 0 saturated heterocycles. The van der Waals surface area contributed by atoms with E-state index >= 15 is 0 Å². The zero-order chi connectivity index (χ0) is 24.1. The van der Waals surface area contributed by atoms with E-state index in [9.17, 15) is 32.6 Å². The molecule has 0 aliphatic rings. The van der Waals surface area contributed by atoms with Gasteiger partial charge in [0.05, 0.1) is 21.7 Å². The number of rotatable bonds is 9. The molecule has 0 unspecified atom stereocenters. The summed E-state index contributed by atoms with van der Waals surface area (Å²) in [5.41, 5.74) is -2.10. The standard InChI is InChI=1S/C18H16ClF3NO8P/c1-28-32(27,29-2)8-7-30-17(24)13-10-12(4-5-15(13)23(25)26)31-16-6-3-11(9-14(16)19)18(20,21)22/h3-6,9-10H,7-8H2,1-2H3. The minimum atomic E-state index is -4.61. The molecule has 0 aliphatic carbocycles. The van der Waals surface area contributed by atoms with Gasteiger partial charge in [-0.3, -0.25) is 14.7 Å². The van der Waals surface area contributed by atoms with Crippen LogP contribution in [0.1, 0.15) is 15.9 Å². The zero-order valence-corrected chi connectivity index (χ0v) is 18.2. The van der Waals surface area contributed by atoms with Gasteiger partial charge < -0.3 is 18.5 Å². The first-order valence-corrected chi connectivity index (χ1v) is 10.7. The molecule has 2 aromatic rings. The molecule has 0 aromatic heterocycles. The number of alkyl halides is 3. The lowest BCUT2D eigenvalue weighted by Gasteiger charge is -2.14. The monoisotopic (exact) mass is 497 g/mol. The van der Waals surface area contributed by atoms with Crippen molar-refractivity contribution in [1.82, 2.24) is 0 Å². The van der Waals surface area contributed by atoms with Gasteiger partial charge in [-0.2, -0.15) is 13.2 Å². The van der Waals surface area contributed by atoms with Crippen molar-refractivity contribution in [3.05, 3.63) is 62.7 Å². The van der Waals surface area contributed by atoms with Crippen LogP contribution in [-0.4, -0.2) is 37.9 Å². The fourth-order valence-electron chi connectivity index (χ4n) is 2.37. The number of nitro benzene ring substituents is 1. The molecular formula is C18H16ClF3NO8P. The van der Waals surface area contributed by atoms with Gasteiger partial charge in [-0.1, -0.05) is 11.6 Å². The summed E-state index contributed by atoms with van der Waals surface area (Å²) in [6.45, 7) is -0.426. The van der Waals surface area contributed by atoms with E-state index in [1.165, 1.54) is 0 Å². The lowest BCUT2D eigenvalue weighted by molar-refractivity contribution is -0.385. The molecule has 0 amide bonds. The molecule has 0 fully saturated rings. The summed E-state index contributed by atoms with van der Waals surface area (Å²) in [6.07, 6.45) is -4.90. The highest BCUT2D eigenvalue weighted by atomic mass is 35.5. The average Bonchev–Trinajstić information content (AvgIpc) is 2.73. The summed E-state index contributed by atoms with van der Waals surface area (Å²) in [7, 11) is -1.18. The van der Waals surface area contributed by atoms with Gasteiger partial charge in [0.1, 0.15) is 23.7 Å². The van der Waals surface area contributed by atoms with E-state index in [4.69, 9.17) is 30.1 Å². The Morgan fingerprint density at radius 3 is 2.34 bits per heavy atom. The van der Waals surface area contributed by atoms with Crippen molar-refractivity contribution in [3.8, 4) is 11.5 Å². The van der Waals surface area contributed by atoms with Crippen molar-refractivity contribution < 1.29 is 46.0 Å². The number of esters is 1. The lowest BCUT2D eigenvalue weighted by Crippen LogP contribution is -2.12. The van der Waals surface area contributed by atoms with E-state index in [-0.39, 0.29) is 22.7 Å². The van der Waals surface area contributed by atoms with Crippen LogP contribution in [0.25, 0.3) is 0 Å². The normalized spacial score (nSPS) is 11.8. The molecule has 0 N–H and O–H groups in total. The van der Waals surface area contributed by atoms with E-state index in [1.807, 2.05) is 0 Å². The Labute approximate surface area is 184 Å². The van der Waals surface area contributed by atoms with Gasteiger partial charge in [-0.25, -0.2) is 4.79 Å². The molecule has 0 spiro atoms. The van der Waals surface area contributed by atoms with Gasteiger partial charge in [-0.05, 0) is 24.3 Å². The first-order chi connectivity index (χ1) is 14.9. The minimum Gasteiger partial charge on any atom is -0.461 e. The highest BCUT2D eigenvalue weighted by molar-refractivity contribution is 7.53. The van der Waals surface area contributed by atoms with Crippen LogP contribution in [0, 0.1) is 10.1 Å². The van der Waals surface area contributed by atoms with E-state index in [1.54, 1.807) is 0 Å². The molecule has 0 atom stereocenters. The second-order valence-corrected chi connectivity index (χ2v) is 8.82. The van der Waals surface area contributed by atoms with E-state index < -0.39 is 48.1 Å². The van der Waals surface area contributed by atoms with Gasteiger partial charge in [0.15, 0.2) is 0 Å². The smallest absolute Gasteiger partial charge is 0.416 e. The van der Waals surface area contributed by atoms with Crippen LogP contribution in [0.3, 0.4) is 0 Å². The Balaban J connectivity index is 2.25. The van der Waals surface area contributed by atoms with Gasteiger partial charge in [0.25, 0.3) is 5.69 Å². The van der Waals surface area contributed by atoms with Crippen LogP contribution in [0.4, 0.5) is 18.9 Å². The number of carbonyl (C=O) groups is 1. The highest BCUT2D eigenvalue weighted by Gasteiger charge is 2.31. The molecule has 0 saturated carbocycles. The van der Waals surface area contributed by atoms with E-state index in [0.717, 1.165) is 44.6 Å². The SMILES string of the molecule is COP(=O)(CCOC(=O)c1cc(Oc2ccc(C(F)(F)F)cc2Cl)ccc1[N+](=O)[O-])OC. The van der Waals surface area contributed by atoms with Crippen molar-refractivity contribution in [1.29, 1.82) is 0 Å². The predicted molar refractivity (Wildman–Crippen MR) is 106 cm³/mol. The minimum absolute atomic E-state index is 0.122. The third-order valence-electron chi connectivity index (χ3n) is 4.03. The number of nitro groups is 1. The molecule has 0 bridgehead atoms. The van der Waals surface area contributed by atoms with Crippen molar-refractivity contribution in [3.63, 3.8) is 0 Å². The van der Waals surface area contributed by atoms with E-state index in [2.05, 4.69) is 0 Å². The van der Waals surface area contributed by atoms with Gasteiger partial charge in [-0.15, -0.1) is 0 Å². The van der Waals surface area contributed by atoms with Gasteiger partial charge in [0.2, 0.25) is 0 Å². The van der Waals surface area contributed by atoms with Gasteiger partial charge >= 0.3 is 19.7 Å². The lowest BCUT2D eigenvalue weighted by atomic mass is 10.1. The number of hydrogen-bond acceptors (Lipinski definition) is 8. The average molecular weight is 498 g/mol. The molecule has 9 nitrogen and oxygen atoms in total. The summed E-state index contributed by atoms with van der Waals surface area (Å²) in [6, 6.07) is 5.43. The molecule has 2 rings (SSSR count). The molecule has 14 heteroatoms. The van der Waals surface area contributed by atoms with Crippen molar-refractivity contribution >= 4 is 30.9 Å². The molecule has 0 aliphatic heterocycles. The molecule has 32 heavy (non-hydrogen) atoms. The topological polar surface area (TPSA) is 114 Å². The second kappa shape index (κ2) is 10.3. The van der Waals surface area contributed by atoms with Crippen molar-refractivity contribution in [2.75, 3.05) is 27.0 Å². The first-order valence-electron chi connectivity index (χ1n) is 8.61. The third-order valence-corrected chi connectivity index (χ3v) is 6.16. The Hall–Kier alpha value is -2.66. The highest BCUT2D eigenvalue weighted by Crippen LogP contribution is 2.45. The van der Waals surface area contributed by atoms with Crippen molar-refractivity contribution in [2.45, 2.75) is 6.18 Å². The number of hydrogen-bond donors (Lipinski definition) is 0. The van der Waals surface area contributed by atoms with Crippen LogP contribution in [-0.2, 0) is 24.5 Å². The summed E-state index contributed by atoms with van der Waals surface area (Å²) < 4.78 is 69.9. The Morgan fingerprint density at radius 2 is 1.81 bits per heavy atom.